The van der Waals surface area contributed by atoms with Gasteiger partial charge in [0.15, 0.2) is 0 Å². The first-order valence-corrected chi connectivity index (χ1v) is 5.87. The molecule has 0 aliphatic carbocycles. The third-order valence-electron chi connectivity index (χ3n) is 2.99. The van der Waals surface area contributed by atoms with Crippen LogP contribution in [0.2, 0.25) is 0 Å². The zero-order chi connectivity index (χ0) is 15.8. The largest absolute Gasteiger partial charge is 0.507 e. The first-order valence-electron chi connectivity index (χ1n) is 5.87. The van der Waals surface area contributed by atoms with Gasteiger partial charge in [0.25, 0.3) is 0 Å². The van der Waals surface area contributed by atoms with Gasteiger partial charge in [0.2, 0.25) is 0 Å². The highest BCUT2D eigenvalue weighted by Gasteiger charge is 2.34. The first-order chi connectivity index (χ1) is 9.70. The molecule has 1 aromatic heterocycles. The van der Waals surface area contributed by atoms with Crippen LogP contribution in [0.4, 0.5) is 13.2 Å². The molecule has 0 radical (unpaired) electrons. The van der Waals surface area contributed by atoms with E-state index in [0.717, 1.165) is 16.8 Å². The van der Waals surface area contributed by atoms with Crippen LogP contribution in [0.15, 0.2) is 30.6 Å². The van der Waals surface area contributed by atoms with E-state index < -0.39 is 29.5 Å². The van der Waals surface area contributed by atoms with Crippen LogP contribution in [0.25, 0.3) is 11.1 Å². The highest BCUT2D eigenvalue weighted by atomic mass is 19.4. The number of rotatable bonds is 3. The molecule has 0 saturated heterocycles. The minimum absolute atomic E-state index is 0.184. The van der Waals surface area contributed by atoms with Gasteiger partial charge in [0.05, 0.1) is 11.8 Å². The van der Waals surface area contributed by atoms with Gasteiger partial charge in [0, 0.05) is 11.8 Å². The number of carbonyl (C=O) groups is 1. The Morgan fingerprint density at radius 2 is 2.00 bits per heavy atom. The molecule has 2 rings (SSSR count). The van der Waals surface area contributed by atoms with E-state index in [2.05, 4.69) is 5.10 Å². The summed E-state index contributed by atoms with van der Waals surface area (Å²) in [4.78, 5) is 10.8. The van der Waals surface area contributed by atoms with E-state index in [9.17, 15) is 23.1 Å². The van der Waals surface area contributed by atoms with Gasteiger partial charge < -0.3 is 10.2 Å². The fourth-order valence-corrected chi connectivity index (χ4v) is 1.75. The average Bonchev–Trinajstić information content (AvgIpc) is 2.86. The number of carboxylic acid groups (broad SMARTS) is 1. The van der Waals surface area contributed by atoms with Gasteiger partial charge >= 0.3 is 12.1 Å². The second-order valence-electron chi connectivity index (χ2n) is 4.45. The zero-order valence-corrected chi connectivity index (χ0v) is 10.8. The molecule has 0 bridgehead atoms. The summed E-state index contributed by atoms with van der Waals surface area (Å²) in [6, 6.07) is 2.10. The molecular weight excluding hydrogens is 289 g/mol. The van der Waals surface area contributed by atoms with E-state index >= 15 is 0 Å². The van der Waals surface area contributed by atoms with Crippen molar-refractivity contribution in [2.24, 2.45) is 0 Å². The molecule has 0 saturated carbocycles. The predicted octanol–water partition coefficient (Wildman–Crippen LogP) is 2.92. The minimum Gasteiger partial charge on any atom is -0.507 e. The van der Waals surface area contributed by atoms with Gasteiger partial charge in [-0.25, -0.2) is 4.79 Å². The van der Waals surface area contributed by atoms with Gasteiger partial charge in [0.1, 0.15) is 11.8 Å². The molecule has 1 aromatic carbocycles. The minimum atomic E-state index is -4.68. The fourth-order valence-electron chi connectivity index (χ4n) is 1.75. The average molecular weight is 300 g/mol. The van der Waals surface area contributed by atoms with Crippen molar-refractivity contribution in [3.05, 3.63) is 36.2 Å². The molecule has 8 heteroatoms. The van der Waals surface area contributed by atoms with Crippen molar-refractivity contribution < 1.29 is 28.2 Å². The van der Waals surface area contributed by atoms with Crippen molar-refractivity contribution in [2.75, 3.05) is 0 Å². The van der Waals surface area contributed by atoms with E-state index in [-0.39, 0.29) is 5.56 Å². The molecule has 1 heterocycles. The number of hydrogen-bond acceptors (Lipinski definition) is 3. The Hall–Kier alpha value is -2.51. The van der Waals surface area contributed by atoms with Gasteiger partial charge in [-0.3, -0.25) is 4.68 Å². The van der Waals surface area contributed by atoms with Crippen LogP contribution in [0.1, 0.15) is 18.5 Å². The number of aromatic hydroxyl groups is 1. The number of phenols is 1. The molecule has 21 heavy (non-hydrogen) atoms. The zero-order valence-electron chi connectivity index (χ0n) is 10.8. The molecule has 0 amide bonds. The second-order valence-corrected chi connectivity index (χ2v) is 4.45. The molecule has 2 aromatic rings. The summed E-state index contributed by atoms with van der Waals surface area (Å²) in [5.41, 5.74) is -0.642. The lowest BCUT2D eigenvalue weighted by atomic mass is 10.1. The maximum atomic E-state index is 12.7. The number of aliphatic carboxylic acids is 1. The van der Waals surface area contributed by atoms with Crippen molar-refractivity contribution in [2.45, 2.75) is 19.1 Å². The SMILES string of the molecule is CC(C(=O)O)n1cc(-c2ccc(O)c(C(F)(F)F)c2)cn1. The van der Waals surface area contributed by atoms with Crippen molar-refractivity contribution in [3.63, 3.8) is 0 Å². The van der Waals surface area contributed by atoms with E-state index in [1.807, 2.05) is 0 Å². The van der Waals surface area contributed by atoms with Crippen molar-refractivity contribution in [3.8, 4) is 16.9 Å². The van der Waals surface area contributed by atoms with Crippen LogP contribution in [0.5, 0.6) is 5.75 Å². The Bertz CT molecular complexity index is 680. The Balaban J connectivity index is 2.42. The summed E-state index contributed by atoms with van der Waals surface area (Å²) in [5.74, 6) is -1.97. The van der Waals surface area contributed by atoms with Crippen LogP contribution >= 0.6 is 0 Å². The van der Waals surface area contributed by atoms with E-state index in [1.54, 1.807) is 0 Å². The van der Waals surface area contributed by atoms with Gasteiger partial charge in [-0.2, -0.15) is 18.3 Å². The smallest absolute Gasteiger partial charge is 0.419 e. The Kier molecular flexibility index (Phi) is 3.63. The van der Waals surface area contributed by atoms with Crippen LogP contribution in [0, 0.1) is 0 Å². The van der Waals surface area contributed by atoms with E-state index in [1.165, 1.54) is 25.4 Å². The van der Waals surface area contributed by atoms with Gasteiger partial charge in [-0.1, -0.05) is 6.07 Å². The summed E-state index contributed by atoms with van der Waals surface area (Å²) < 4.78 is 39.3. The van der Waals surface area contributed by atoms with E-state index in [0.29, 0.717) is 5.56 Å². The molecule has 2 N–H and O–H groups in total. The molecule has 112 valence electrons. The quantitative estimate of drug-likeness (QED) is 0.914. The highest BCUT2D eigenvalue weighted by Crippen LogP contribution is 2.38. The molecule has 0 spiro atoms. The molecule has 1 atom stereocenters. The summed E-state index contributed by atoms with van der Waals surface area (Å²) in [6.07, 6.45) is -2.07. The highest BCUT2D eigenvalue weighted by molar-refractivity contribution is 5.72. The Morgan fingerprint density at radius 1 is 1.33 bits per heavy atom. The number of carboxylic acids is 1. The van der Waals surface area contributed by atoms with Gasteiger partial charge in [-0.15, -0.1) is 0 Å². The molecule has 0 aliphatic rings. The molecule has 5 nitrogen and oxygen atoms in total. The normalized spacial score (nSPS) is 13.1. The number of nitrogens with zero attached hydrogens (tertiary/aromatic N) is 2. The van der Waals surface area contributed by atoms with Crippen LogP contribution in [0.3, 0.4) is 0 Å². The van der Waals surface area contributed by atoms with Crippen LogP contribution in [-0.2, 0) is 11.0 Å². The number of phenolic OH excluding ortho intramolecular Hbond substituents is 1. The fraction of sp³-hybridized carbons (Fsp3) is 0.231. The van der Waals surface area contributed by atoms with E-state index in [4.69, 9.17) is 5.11 Å². The predicted molar refractivity (Wildman–Crippen MR) is 66.7 cm³/mol. The topological polar surface area (TPSA) is 75.3 Å². The lowest BCUT2D eigenvalue weighted by Gasteiger charge is -2.10. The first kappa shape index (κ1) is 14.9. The van der Waals surface area contributed by atoms with Crippen molar-refractivity contribution in [1.29, 1.82) is 0 Å². The van der Waals surface area contributed by atoms with Crippen molar-refractivity contribution >= 4 is 5.97 Å². The summed E-state index contributed by atoms with van der Waals surface area (Å²) >= 11 is 0. The number of aromatic nitrogens is 2. The summed E-state index contributed by atoms with van der Waals surface area (Å²) in [7, 11) is 0. The maximum Gasteiger partial charge on any atom is 0.419 e. The number of halogens is 3. The number of alkyl halides is 3. The van der Waals surface area contributed by atoms with Crippen LogP contribution < -0.4 is 0 Å². The van der Waals surface area contributed by atoms with Crippen molar-refractivity contribution in [1.82, 2.24) is 9.78 Å². The summed E-state index contributed by atoms with van der Waals surface area (Å²) in [5, 5.41) is 21.9. The third-order valence-corrected chi connectivity index (χ3v) is 2.99. The Morgan fingerprint density at radius 3 is 2.57 bits per heavy atom. The number of hydrogen-bond donors (Lipinski definition) is 2. The third kappa shape index (κ3) is 2.99. The second kappa shape index (κ2) is 5.12. The standard InChI is InChI=1S/C13H11F3N2O3/c1-7(12(20)21)18-6-9(5-17-18)8-2-3-11(19)10(4-8)13(14,15)16/h2-7,19H,1H3,(H,20,21). The molecule has 0 aliphatic heterocycles. The number of benzene rings is 1. The molecule has 0 fully saturated rings. The maximum absolute atomic E-state index is 12.7. The molecule has 1 unspecified atom stereocenters. The Labute approximate surface area is 117 Å². The lowest BCUT2D eigenvalue weighted by molar-refractivity contribution is -0.141. The summed E-state index contributed by atoms with van der Waals surface area (Å²) in [6.45, 7) is 1.40. The molecular formula is C13H11F3N2O3. The van der Waals surface area contributed by atoms with Crippen LogP contribution in [-0.4, -0.2) is 26.0 Å². The lowest BCUT2D eigenvalue weighted by Crippen LogP contribution is -2.15. The monoisotopic (exact) mass is 300 g/mol. The van der Waals surface area contributed by atoms with Gasteiger partial charge in [-0.05, 0) is 24.6 Å².